The van der Waals surface area contributed by atoms with Crippen molar-refractivity contribution < 1.29 is 4.39 Å². The molecule has 5 nitrogen and oxygen atoms in total. The molecule has 0 bridgehead atoms. The number of fused-ring (bicyclic) bond motifs is 1. The van der Waals surface area contributed by atoms with Gasteiger partial charge < -0.3 is 10.3 Å². The largest absolute Gasteiger partial charge is 0.381 e. The summed E-state index contributed by atoms with van der Waals surface area (Å²) in [5.74, 6) is -0.237. The smallest absolute Gasteiger partial charge is 0.161 e. The molecule has 4 aromatic rings. The SMILES string of the molecule is Fc1ccc(NCc2ccc(-c3ncnc4[nH]cnc34)cc2)cc1. The lowest BCUT2D eigenvalue weighted by atomic mass is 10.1. The van der Waals surface area contributed by atoms with Crippen molar-refractivity contribution in [1.82, 2.24) is 19.9 Å². The highest BCUT2D eigenvalue weighted by molar-refractivity contribution is 5.86. The van der Waals surface area contributed by atoms with E-state index >= 15 is 0 Å². The van der Waals surface area contributed by atoms with Gasteiger partial charge in [0.05, 0.1) is 6.33 Å². The third-order valence-electron chi connectivity index (χ3n) is 3.79. The fourth-order valence-electron chi connectivity index (χ4n) is 2.53. The minimum Gasteiger partial charge on any atom is -0.381 e. The maximum atomic E-state index is 12.9. The van der Waals surface area contributed by atoms with Crippen molar-refractivity contribution in [2.75, 3.05) is 5.32 Å². The molecular formula is C18H14FN5. The van der Waals surface area contributed by atoms with E-state index in [-0.39, 0.29) is 5.82 Å². The normalized spacial score (nSPS) is 10.9. The molecule has 2 aromatic heterocycles. The van der Waals surface area contributed by atoms with Gasteiger partial charge in [0, 0.05) is 17.8 Å². The summed E-state index contributed by atoms with van der Waals surface area (Å²) in [6.07, 6.45) is 3.14. The standard InChI is InChI=1S/C18H14FN5/c19-14-5-7-15(8-6-14)20-9-12-1-3-13(4-2-12)16-17-18(23-10-21-16)24-11-22-17/h1-8,10-11,20H,9H2,(H,21,22,23,24). The van der Waals surface area contributed by atoms with Gasteiger partial charge in [-0.3, -0.25) is 0 Å². The van der Waals surface area contributed by atoms with Crippen LogP contribution in [0.3, 0.4) is 0 Å². The molecule has 0 atom stereocenters. The van der Waals surface area contributed by atoms with Gasteiger partial charge in [-0.2, -0.15) is 0 Å². The predicted molar refractivity (Wildman–Crippen MR) is 90.8 cm³/mol. The number of rotatable bonds is 4. The molecule has 0 spiro atoms. The number of halogens is 1. The summed E-state index contributed by atoms with van der Waals surface area (Å²) < 4.78 is 12.9. The summed E-state index contributed by atoms with van der Waals surface area (Å²) in [5.41, 5.74) is 5.28. The van der Waals surface area contributed by atoms with E-state index < -0.39 is 0 Å². The van der Waals surface area contributed by atoms with Crippen LogP contribution in [0.25, 0.3) is 22.4 Å². The summed E-state index contributed by atoms with van der Waals surface area (Å²) in [4.78, 5) is 15.7. The number of benzene rings is 2. The second kappa shape index (κ2) is 6.08. The number of aromatic amines is 1. The predicted octanol–water partition coefficient (Wildman–Crippen LogP) is 3.77. The van der Waals surface area contributed by atoms with Crippen molar-refractivity contribution in [2.24, 2.45) is 0 Å². The molecule has 0 amide bonds. The van der Waals surface area contributed by atoms with Gasteiger partial charge in [0.15, 0.2) is 5.65 Å². The Morgan fingerprint density at radius 1 is 0.917 bits per heavy atom. The number of hydrogen-bond acceptors (Lipinski definition) is 4. The number of anilines is 1. The summed E-state index contributed by atoms with van der Waals surface area (Å²) in [6, 6.07) is 14.4. The molecule has 0 saturated heterocycles. The lowest BCUT2D eigenvalue weighted by Crippen LogP contribution is -1.99. The van der Waals surface area contributed by atoms with Crippen molar-refractivity contribution in [3.05, 3.63) is 72.6 Å². The zero-order valence-corrected chi connectivity index (χ0v) is 12.7. The van der Waals surface area contributed by atoms with Crippen LogP contribution in [0.5, 0.6) is 0 Å². The Bertz CT molecular complexity index is 961. The zero-order chi connectivity index (χ0) is 16.4. The number of nitrogens with zero attached hydrogens (tertiary/aromatic N) is 3. The van der Waals surface area contributed by atoms with E-state index in [1.54, 1.807) is 18.5 Å². The van der Waals surface area contributed by atoms with Crippen LogP contribution in [0.15, 0.2) is 61.2 Å². The monoisotopic (exact) mass is 319 g/mol. The molecule has 2 N–H and O–H groups in total. The number of H-pyrrole nitrogens is 1. The fourth-order valence-corrected chi connectivity index (χ4v) is 2.53. The number of aromatic nitrogens is 4. The van der Waals surface area contributed by atoms with Crippen LogP contribution in [-0.2, 0) is 6.54 Å². The summed E-state index contributed by atoms with van der Waals surface area (Å²) >= 11 is 0. The van der Waals surface area contributed by atoms with Crippen LogP contribution in [0.1, 0.15) is 5.56 Å². The Morgan fingerprint density at radius 3 is 2.50 bits per heavy atom. The average molecular weight is 319 g/mol. The highest BCUT2D eigenvalue weighted by atomic mass is 19.1. The molecule has 0 fully saturated rings. The van der Waals surface area contributed by atoms with Crippen molar-refractivity contribution in [1.29, 1.82) is 0 Å². The first-order valence-corrected chi connectivity index (χ1v) is 7.52. The van der Waals surface area contributed by atoms with Gasteiger partial charge >= 0.3 is 0 Å². The van der Waals surface area contributed by atoms with Gasteiger partial charge in [-0.25, -0.2) is 19.3 Å². The third kappa shape index (κ3) is 2.81. The molecule has 24 heavy (non-hydrogen) atoms. The fraction of sp³-hybridized carbons (Fsp3) is 0.0556. The molecule has 0 aliphatic rings. The van der Waals surface area contributed by atoms with Crippen molar-refractivity contribution in [2.45, 2.75) is 6.54 Å². The number of nitrogens with one attached hydrogen (secondary N) is 2. The highest BCUT2D eigenvalue weighted by Gasteiger charge is 2.08. The molecule has 4 rings (SSSR count). The summed E-state index contributed by atoms with van der Waals surface area (Å²) in [6.45, 7) is 0.660. The van der Waals surface area contributed by atoms with E-state index in [1.807, 2.05) is 24.3 Å². The average Bonchev–Trinajstić information content (AvgIpc) is 3.10. The molecule has 2 aromatic carbocycles. The molecule has 2 heterocycles. The van der Waals surface area contributed by atoms with Crippen LogP contribution in [0.2, 0.25) is 0 Å². The van der Waals surface area contributed by atoms with Gasteiger partial charge in [0.25, 0.3) is 0 Å². The van der Waals surface area contributed by atoms with Gasteiger partial charge in [-0.15, -0.1) is 0 Å². The molecule has 0 radical (unpaired) electrons. The molecular weight excluding hydrogens is 305 g/mol. The number of imidazole rings is 1. The van der Waals surface area contributed by atoms with Crippen molar-refractivity contribution in [3.8, 4) is 11.3 Å². The third-order valence-corrected chi connectivity index (χ3v) is 3.79. The highest BCUT2D eigenvalue weighted by Crippen LogP contribution is 2.23. The lowest BCUT2D eigenvalue weighted by Gasteiger charge is -2.07. The van der Waals surface area contributed by atoms with Crippen LogP contribution in [0.4, 0.5) is 10.1 Å². The maximum absolute atomic E-state index is 12.9. The minimum atomic E-state index is -0.237. The Labute approximate surface area is 137 Å². The van der Waals surface area contributed by atoms with Crippen LogP contribution >= 0.6 is 0 Å². The van der Waals surface area contributed by atoms with Crippen LogP contribution in [0, 0.1) is 5.82 Å². The molecule has 0 aliphatic carbocycles. The topological polar surface area (TPSA) is 66.5 Å². The molecule has 0 saturated carbocycles. The zero-order valence-electron chi connectivity index (χ0n) is 12.7. The van der Waals surface area contributed by atoms with Crippen molar-refractivity contribution in [3.63, 3.8) is 0 Å². The minimum absolute atomic E-state index is 0.237. The maximum Gasteiger partial charge on any atom is 0.161 e. The van der Waals surface area contributed by atoms with E-state index in [9.17, 15) is 4.39 Å². The first kappa shape index (κ1) is 14.3. The van der Waals surface area contributed by atoms with E-state index in [1.165, 1.54) is 18.5 Å². The van der Waals surface area contributed by atoms with E-state index in [0.29, 0.717) is 6.54 Å². The Kier molecular flexibility index (Phi) is 3.63. The van der Waals surface area contributed by atoms with Crippen molar-refractivity contribution >= 4 is 16.9 Å². The quantitative estimate of drug-likeness (QED) is 0.601. The Balaban J connectivity index is 1.52. The number of hydrogen-bond donors (Lipinski definition) is 2. The molecule has 6 heteroatoms. The molecule has 118 valence electrons. The second-order valence-electron chi connectivity index (χ2n) is 5.38. The summed E-state index contributed by atoms with van der Waals surface area (Å²) in [5, 5.41) is 3.26. The lowest BCUT2D eigenvalue weighted by molar-refractivity contribution is 0.628. The Morgan fingerprint density at radius 2 is 1.71 bits per heavy atom. The first-order chi connectivity index (χ1) is 11.8. The van der Waals surface area contributed by atoms with Gasteiger partial charge in [-0.1, -0.05) is 24.3 Å². The second-order valence-corrected chi connectivity index (χ2v) is 5.38. The van der Waals surface area contributed by atoms with E-state index in [0.717, 1.165) is 33.7 Å². The van der Waals surface area contributed by atoms with Crippen LogP contribution in [-0.4, -0.2) is 19.9 Å². The molecule has 0 aliphatic heterocycles. The van der Waals surface area contributed by atoms with Gasteiger partial charge in [0.1, 0.15) is 23.4 Å². The molecule has 0 unspecified atom stereocenters. The van der Waals surface area contributed by atoms with Gasteiger partial charge in [0.2, 0.25) is 0 Å². The van der Waals surface area contributed by atoms with E-state index in [4.69, 9.17) is 0 Å². The van der Waals surface area contributed by atoms with Crippen LogP contribution < -0.4 is 5.32 Å². The first-order valence-electron chi connectivity index (χ1n) is 7.52. The van der Waals surface area contributed by atoms with E-state index in [2.05, 4.69) is 25.3 Å². The van der Waals surface area contributed by atoms with Gasteiger partial charge in [-0.05, 0) is 29.8 Å². The summed E-state index contributed by atoms with van der Waals surface area (Å²) in [7, 11) is 0. The Hall–Kier alpha value is -3.28.